The normalized spacial score (nSPS) is 50.3. The molecule has 22 heteroatoms. The summed E-state index contributed by atoms with van der Waals surface area (Å²) in [4.78, 5) is 14.5. The molecule has 0 aromatic rings. The number of ether oxygens (including phenoxy) is 6. The predicted octanol–water partition coefficient (Wildman–Crippen LogP) is -3.20. The molecule has 0 bridgehead atoms. The zero-order valence-electron chi connectivity index (χ0n) is 39.8. The molecule has 0 aromatic carbocycles. The molecule has 8 aliphatic rings. The Morgan fingerprint density at radius 3 is 2.10 bits per heavy atom. The van der Waals surface area contributed by atoms with Crippen molar-refractivity contribution in [2.24, 2.45) is 44.8 Å². The molecule has 382 valence electrons. The molecule has 3 saturated heterocycles. The van der Waals surface area contributed by atoms with Crippen LogP contribution < -0.4 is 29.6 Å². The van der Waals surface area contributed by atoms with E-state index in [0.29, 0.717) is 38.5 Å². The van der Waals surface area contributed by atoms with E-state index in [1.54, 1.807) is 0 Å². The number of esters is 1. The Bertz CT molecular complexity index is 2000. The van der Waals surface area contributed by atoms with Gasteiger partial charge in [0.15, 0.2) is 12.6 Å². The van der Waals surface area contributed by atoms with Crippen molar-refractivity contribution in [1.29, 1.82) is 0 Å². The van der Waals surface area contributed by atoms with Gasteiger partial charge in [-0.15, -0.1) is 0 Å². The van der Waals surface area contributed by atoms with Crippen molar-refractivity contribution in [1.82, 2.24) is 0 Å². The van der Waals surface area contributed by atoms with Gasteiger partial charge >= 0.3 is 35.5 Å². The summed E-state index contributed by atoms with van der Waals surface area (Å²) in [6.07, 6.45) is -14.3. The third-order valence-electron chi connectivity index (χ3n) is 18.5. The summed E-state index contributed by atoms with van der Waals surface area (Å²) in [5, 5.41) is 95.1. The van der Waals surface area contributed by atoms with Crippen molar-refractivity contribution in [3.8, 4) is 0 Å². The van der Waals surface area contributed by atoms with Gasteiger partial charge in [0.1, 0.15) is 67.1 Å². The third kappa shape index (κ3) is 9.08. The summed E-state index contributed by atoms with van der Waals surface area (Å²) in [6, 6.07) is 0. The molecule has 4 saturated carbocycles. The van der Waals surface area contributed by atoms with Crippen LogP contribution in [0.3, 0.4) is 0 Å². The van der Waals surface area contributed by atoms with Crippen molar-refractivity contribution >= 4 is 16.4 Å². The minimum atomic E-state index is -5.37. The number of aliphatic hydroxyl groups is 9. The standard InChI is InChI=1S/C46H72O20S.Na/c1-21-9-14-46(41(56)65-40-33(53)31(51)30(50)25(18-47)61-40)16-15-44(5)22(23(46)17-21)7-8-28-43(4)12-11-29(42(2,3)27(43)10-13-45(28,44)6)63-38-35(55)36(24(49)20-60-38)64-39-34(54)32(52)37(26(19-48)62-39)66-67(57,58)59;/h7,23-40,47-55H,1,8-20H2,2-6H3,(H,57,58,59);/q;+1/p-1/t23-,24-,25+,26+,27-,28+,29-,30+,31-,32+,33+,34+,35+,36-,37+,38-,39-,40-,43-,44+,45+,46-;/m0./s1. The minimum Gasteiger partial charge on any atom is -0.726 e. The Labute approximate surface area is 419 Å². The van der Waals surface area contributed by atoms with Gasteiger partial charge in [-0.25, -0.2) is 8.42 Å². The molecule has 3 heterocycles. The second kappa shape index (κ2) is 19.8. The van der Waals surface area contributed by atoms with Gasteiger partial charge in [-0.2, -0.15) is 0 Å². The molecule has 20 nitrogen and oxygen atoms in total. The van der Waals surface area contributed by atoms with Gasteiger partial charge in [0.05, 0.1) is 31.3 Å². The maximum atomic E-state index is 14.5. The number of rotatable bonds is 10. The number of aliphatic hydroxyl groups excluding tert-OH is 9. The molecule has 5 aliphatic carbocycles. The first-order valence-corrected chi connectivity index (χ1v) is 25.0. The van der Waals surface area contributed by atoms with Crippen LogP contribution in [-0.2, 0) is 47.8 Å². The summed E-state index contributed by atoms with van der Waals surface area (Å²) in [5.74, 6) is -0.343. The monoisotopic (exact) mass is 998 g/mol. The van der Waals surface area contributed by atoms with Gasteiger partial charge in [0.2, 0.25) is 16.7 Å². The molecule has 0 spiro atoms. The van der Waals surface area contributed by atoms with Crippen molar-refractivity contribution in [3.63, 3.8) is 0 Å². The van der Waals surface area contributed by atoms with Crippen molar-refractivity contribution in [2.75, 3.05) is 19.8 Å². The van der Waals surface area contributed by atoms with Crippen molar-refractivity contribution < 1.29 is 126 Å². The Morgan fingerprint density at radius 2 is 1.44 bits per heavy atom. The average Bonchev–Trinajstić information content (AvgIpc) is 3.26. The molecular weight excluding hydrogens is 928 g/mol. The van der Waals surface area contributed by atoms with E-state index in [1.165, 1.54) is 5.57 Å². The first-order valence-electron chi connectivity index (χ1n) is 23.7. The molecule has 3 aliphatic heterocycles. The van der Waals surface area contributed by atoms with Gasteiger partial charge in [0, 0.05) is 5.92 Å². The zero-order chi connectivity index (χ0) is 49.0. The van der Waals surface area contributed by atoms with Crippen LogP contribution in [-0.4, -0.2) is 177 Å². The topological polar surface area (TPSA) is 321 Å². The van der Waals surface area contributed by atoms with E-state index >= 15 is 0 Å². The van der Waals surface area contributed by atoms with Crippen LogP contribution in [0, 0.1) is 44.8 Å². The Balaban J connectivity index is 0.00000684. The number of hydrogen-bond acceptors (Lipinski definition) is 20. The van der Waals surface area contributed by atoms with Crippen LogP contribution in [0.15, 0.2) is 23.8 Å². The van der Waals surface area contributed by atoms with Crippen molar-refractivity contribution in [3.05, 3.63) is 23.8 Å². The van der Waals surface area contributed by atoms with E-state index in [2.05, 4.69) is 51.5 Å². The fraction of sp³-hybridized carbons (Fsp3) is 0.891. The number of hydrogen-bond donors (Lipinski definition) is 9. The van der Waals surface area contributed by atoms with Gasteiger partial charge in [-0.1, -0.05) is 58.4 Å². The van der Waals surface area contributed by atoms with Crippen LogP contribution in [0.4, 0.5) is 0 Å². The van der Waals surface area contributed by atoms with Gasteiger partial charge in [-0.3, -0.25) is 8.98 Å². The molecule has 0 amide bonds. The Hall–Kier alpha value is -0.740. The van der Waals surface area contributed by atoms with E-state index in [0.717, 1.165) is 31.3 Å². The summed E-state index contributed by atoms with van der Waals surface area (Å²) >= 11 is 0. The van der Waals surface area contributed by atoms with Gasteiger partial charge in [0.25, 0.3) is 0 Å². The first kappa shape index (κ1) is 55.0. The molecule has 7 fully saturated rings. The fourth-order valence-electron chi connectivity index (χ4n) is 14.6. The first-order chi connectivity index (χ1) is 31.3. The maximum Gasteiger partial charge on any atom is 1.00 e. The smallest absolute Gasteiger partial charge is 0.726 e. The van der Waals surface area contributed by atoms with Crippen LogP contribution >= 0.6 is 0 Å². The predicted molar refractivity (Wildman–Crippen MR) is 228 cm³/mol. The summed E-state index contributed by atoms with van der Waals surface area (Å²) < 4.78 is 73.4. The van der Waals surface area contributed by atoms with Gasteiger partial charge < -0.3 is 78.9 Å². The number of fused-ring (bicyclic) bond motifs is 7. The molecular formula is C46H71NaO20S. The molecule has 0 aromatic heterocycles. The van der Waals surface area contributed by atoms with Crippen LogP contribution in [0.5, 0.6) is 0 Å². The summed E-state index contributed by atoms with van der Waals surface area (Å²) in [5.41, 5.74) is 0.246. The number of allylic oxidation sites excluding steroid dienone is 3. The second-order valence-corrected chi connectivity index (χ2v) is 23.1. The molecule has 8 rings (SSSR count). The molecule has 9 N–H and O–H groups in total. The SMILES string of the molecule is C=C1CC[C@]2(C(=O)O[C@@H]3O[C@H](CO)[C@@H](O)[C@H](O)[C@H]3O)CC[C@]3(C)C(=CC[C@@H]4[C@@]5(C)CC[C@H](O[C@@H]6OC[C@H](O)[C@H](O[C@@H]7O[C@H](CO)[C@@H](OS(=O)(=O)[O-])[C@H](O)[C@H]7O)[C@H]6O)C(C)(C)[C@@H]5CC[C@]43C)[C@@H]2C1.[Na+]. The quantitative estimate of drug-likeness (QED) is 0.0260. The third-order valence-corrected chi connectivity index (χ3v) is 19.0. The average molecular weight is 999 g/mol. The number of carbonyl (C=O) groups is 1. The van der Waals surface area contributed by atoms with Gasteiger partial charge in [-0.05, 0) is 97.7 Å². The minimum absolute atomic E-state index is 0. The molecule has 68 heavy (non-hydrogen) atoms. The second-order valence-electron chi connectivity index (χ2n) is 22.1. The van der Waals surface area contributed by atoms with Crippen LogP contribution in [0.1, 0.15) is 98.8 Å². The van der Waals surface area contributed by atoms with E-state index in [-0.39, 0.29) is 70.2 Å². The molecule has 0 radical (unpaired) electrons. The zero-order valence-corrected chi connectivity index (χ0v) is 42.6. The summed E-state index contributed by atoms with van der Waals surface area (Å²) in [6.45, 7) is 13.9. The van der Waals surface area contributed by atoms with Crippen LogP contribution in [0.2, 0.25) is 0 Å². The Morgan fingerprint density at radius 1 is 0.779 bits per heavy atom. The maximum absolute atomic E-state index is 14.5. The molecule has 22 atom stereocenters. The van der Waals surface area contributed by atoms with Crippen LogP contribution in [0.25, 0.3) is 0 Å². The molecule has 0 unspecified atom stereocenters. The van der Waals surface area contributed by atoms with E-state index in [4.69, 9.17) is 28.4 Å². The van der Waals surface area contributed by atoms with E-state index in [9.17, 15) is 63.7 Å². The fourth-order valence-corrected chi connectivity index (χ4v) is 15.1. The summed E-state index contributed by atoms with van der Waals surface area (Å²) in [7, 11) is -5.37. The van der Waals surface area contributed by atoms with E-state index < -0.39 is 133 Å². The number of carbonyl (C=O) groups excluding carboxylic acids is 1. The van der Waals surface area contributed by atoms with E-state index in [1.807, 2.05) is 0 Å². The Kier molecular flexibility index (Phi) is 16.1. The largest absolute Gasteiger partial charge is 1.00 e. The van der Waals surface area contributed by atoms with Crippen molar-refractivity contribution in [2.45, 2.75) is 191 Å².